The van der Waals surface area contributed by atoms with Gasteiger partial charge in [0.1, 0.15) is 0 Å². The maximum absolute atomic E-state index is 7.38. The molecule has 0 saturated heterocycles. The lowest BCUT2D eigenvalue weighted by Crippen LogP contribution is -2.14. The van der Waals surface area contributed by atoms with Crippen molar-refractivity contribution in [3.05, 3.63) is 42.1 Å². The topological polar surface area (TPSA) is 27.1 Å². The summed E-state index contributed by atoms with van der Waals surface area (Å²) in [5, 5.41) is 7.38. The summed E-state index contributed by atoms with van der Waals surface area (Å²) in [5.41, 5.74) is 2.79. The fourth-order valence-corrected chi connectivity index (χ4v) is 1.27. The summed E-state index contributed by atoms with van der Waals surface area (Å²) in [6.07, 6.45) is 1.85. The minimum Gasteiger partial charge on any atom is -0.348 e. The van der Waals surface area contributed by atoms with Crippen LogP contribution in [0.1, 0.15) is 13.8 Å². The van der Waals surface area contributed by atoms with E-state index in [4.69, 9.17) is 5.41 Å². The van der Waals surface area contributed by atoms with Crippen LogP contribution >= 0.6 is 0 Å². The van der Waals surface area contributed by atoms with Crippen LogP contribution in [0.3, 0.4) is 0 Å². The fraction of sp³-hybridized carbons (Fsp3) is 0.250. The van der Waals surface area contributed by atoms with E-state index in [1.165, 1.54) is 0 Å². The Balaban J connectivity index is 2.86. The number of anilines is 1. The van der Waals surface area contributed by atoms with Crippen molar-refractivity contribution in [1.29, 1.82) is 5.41 Å². The highest BCUT2D eigenvalue weighted by molar-refractivity contribution is 5.91. The van der Waals surface area contributed by atoms with Crippen molar-refractivity contribution in [3.8, 4) is 0 Å². The molecule has 0 amide bonds. The van der Waals surface area contributed by atoms with Crippen molar-refractivity contribution in [2.45, 2.75) is 13.8 Å². The Bertz CT molecular complexity index is 339. The maximum Gasteiger partial charge on any atom is 0.0405 e. The molecule has 0 atom stereocenters. The number of rotatable bonds is 3. The molecule has 0 aliphatic heterocycles. The van der Waals surface area contributed by atoms with Crippen LogP contribution in [0.4, 0.5) is 5.69 Å². The third-order valence-electron chi connectivity index (χ3n) is 2.10. The van der Waals surface area contributed by atoms with E-state index in [0.29, 0.717) is 5.71 Å². The van der Waals surface area contributed by atoms with E-state index in [-0.39, 0.29) is 0 Å². The second-order valence-electron chi connectivity index (χ2n) is 3.36. The first-order valence-electron chi connectivity index (χ1n) is 4.63. The summed E-state index contributed by atoms with van der Waals surface area (Å²) >= 11 is 0. The summed E-state index contributed by atoms with van der Waals surface area (Å²) in [4.78, 5) is 2.07. The van der Waals surface area contributed by atoms with Crippen molar-refractivity contribution in [2.75, 3.05) is 11.9 Å². The highest BCUT2D eigenvalue weighted by Crippen LogP contribution is 2.15. The van der Waals surface area contributed by atoms with Gasteiger partial charge in [-0.25, -0.2) is 0 Å². The first-order valence-corrected chi connectivity index (χ1v) is 4.63. The molecule has 1 rings (SSSR count). The number of para-hydroxylation sites is 1. The Morgan fingerprint density at radius 1 is 1.21 bits per heavy atom. The smallest absolute Gasteiger partial charge is 0.0405 e. The minimum absolute atomic E-state index is 0.574. The Morgan fingerprint density at radius 3 is 2.29 bits per heavy atom. The zero-order valence-electron chi connectivity index (χ0n) is 8.91. The molecular weight excluding hydrogens is 172 g/mol. The van der Waals surface area contributed by atoms with Crippen LogP contribution in [-0.2, 0) is 0 Å². The van der Waals surface area contributed by atoms with Crippen molar-refractivity contribution in [2.24, 2.45) is 0 Å². The highest BCUT2D eigenvalue weighted by Gasteiger charge is 2.00. The van der Waals surface area contributed by atoms with Gasteiger partial charge in [-0.2, -0.15) is 0 Å². The lowest BCUT2D eigenvalue weighted by molar-refractivity contribution is 1.09. The van der Waals surface area contributed by atoms with Gasteiger partial charge in [0.15, 0.2) is 0 Å². The average molecular weight is 188 g/mol. The van der Waals surface area contributed by atoms with Gasteiger partial charge in [0.05, 0.1) is 0 Å². The standard InChI is InChI=1S/C12H16N2/c1-10(13)9-11(2)14(3)12-7-5-4-6-8-12/h4-9,13H,1-3H3/b11-9-,13-10?. The van der Waals surface area contributed by atoms with Crippen LogP contribution in [0.2, 0.25) is 0 Å². The second-order valence-corrected chi connectivity index (χ2v) is 3.36. The summed E-state index contributed by atoms with van der Waals surface area (Å²) in [7, 11) is 2.00. The third kappa shape index (κ3) is 2.73. The van der Waals surface area contributed by atoms with Gasteiger partial charge in [-0.15, -0.1) is 0 Å². The first kappa shape index (κ1) is 10.5. The molecule has 14 heavy (non-hydrogen) atoms. The number of nitrogens with one attached hydrogen (secondary N) is 1. The largest absolute Gasteiger partial charge is 0.348 e. The Labute approximate surface area is 85.4 Å². The van der Waals surface area contributed by atoms with Gasteiger partial charge in [0.2, 0.25) is 0 Å². The molecule has 0 saturated carbocycles. The number of nitrogens with zero attached hydrogens (tertiary/aromatic N) is 1. The van der Waals surface area contributed by atoms with Gasteiger partial charge in [-0.05, 0) is 32.1 Å². The molecule has 74 valence electrons. The molecule has 2 nitrogen and oxygen atoms in total. The summed E-state index contributed by atoms with van der Waals surface area (Å²) < 4.78 is 0. The van der Waals surface area contributed by atoms with E-state index in [0.717, 1.165) is 11.4 Å². The molecule has 0 fully saturated rings. The summed E-state index contributed by atoms with van der Waals surface area (Å²) in [6, 6.07) is 10.1. The Morgan fingerprint density at radius 2 is 1.79 bits per heavy atom. The number of allylic oxidation sites excluding steroid dienone is 2. The van der Waals surface area contributed by atoms with Crippen molar-refractivity contribution < 1.29 is 0 Å². The summed E-state index contributed by atoms with van der Waals surface area (Å²) in [6.45, 7) is 3.79. The minimum atomic E-state index is 0.574. The molecule has 0 aromatic heterocycles. The van der Waals surface area contributed by atoms with Crippen LogP contribution < -0.4 is 4.90 Å². The lowest BCUT2D eigenvalue weighted by atomic mass is 10.2. The molecule has 0 bridgehead atoms. The van der Waals surface area contributed by atoms with E-state index < -0.39 is 0 Å². The van der Waals surface area contributed by atoms with Crippen LogP contribution in [-0.4, -0.2) is 12.8 Å². The predicted octanol–water partition coefficient (Wildman–Crippen LogP) is 3.07. The van der Waals surface area contributed by atoms with Crippen molar-refractivity contribution in [3.63, 3.8) is 0 Å². The predicted molar refractivity (Wildman–Crippen MR) is 62.0 cm³/mol. The molecule has 0 aliphatic carbocycles. The number of hydrogen-bond acceptors (Lipinski definition) is 2. The molecule has 2 heteroatoms. The molecule has 0 unspecified atom stereocenters. The zero-order valence-corrected chi connectivity index (χ0v) is 8.91. The maximum atomic E-state index is 7.38. The van der Waals surface area contributed by atoms with E-state index in [1.807, 2.05) is 38.2 Å². The molecule has 1 aromatic carbocycles. The van der Waals surface area contributed by atoms with Gasteiger partial charge in [0, 0.05) is 24.1 Å². The monoisotopic (exact) mass is 188 g/mol. The van der Waals surface area contributed by atoms with Gasteiger partial charge in [-0.3, -0.25) is 0 Å². The average Bonchev–Trinajstić information content (AvgIpc) is 2.17. The van der Waals surface area contributed by atoms with Crippen molar-refractivity contribution >= 4 is 11.4 Å². The van der Waals surface area contributed by atoms with Crippen LogP contribution in [0.15, 0.2) is 42.1 Å². The van der Waals surface area contributed by atoms with Gasteiger partial charge >= 0.3 is 0 Å². The van der Waals surface area contributed by atoms with E-state index >= 15 is 0 Å². The first-order chi connectivity index (χ1) is 6.61. The van der Waals surface area contributed by atoms with Crippen molar-refractivity contribution in [1.82, 2.24) is 0 Å². The lowest BCUT2D eigenvalue weighted by Gasteiger charge is -2.19. The van der Waals surface area contributed by atoms with Crippen LogP contribution in [0, 0.1) is 5.41 Å². The SMILES string of the molecule is CC(=N)/C=C(/C)N(C)c1ccccc1. The third-order valence-corrected chi connectivity index (χ3v) is 2.10. The molecule has 1 aromatic rings. The molecule has 0 aliphatic rings. The van der Waals surface area contributed by atoms with Gasteiger partial charge in [-0.1, -0.05) is 18.2 Å². The van der Waals surface area contributed by atoms with E-state index in [9.17, 15) is 0 Å². The molecular formula is C12H16N2. The van der Waals surface area contributed by atoms with Crippen LogP contribution in [0.5, 0.6) is 0 Å². The van der Waals surface area contributed by atoms with E-state index in [2.05, 4.69) is 17.0 Å². The quantitative estimate of drug-likeness (QED) is 0.725. The summed E-state index contributed by atoms with van der Waals surface area (Å²) in [5.74, 6) is 0. The van der Waals surface area contributed by atoms with Crippen LogP contribution in [0.25, 0.3) is 0 Å². The fourth-order valence-electron chi connectivity index (χ4n) is 1.27. The normalized spacial score (nSPS) is 11.2. The van der Waals surface area contributed by atoms with Gasteiger partial charge in [0.25, 0.3) is 0 Å². The van der Waals surface area contributed by atoms with E-state index in [1.54, 1.807) is 6.92 Å². The molecule has 0 radical (unpaired) electrons. The van der Waals surface area contributed by atoms with Gasteiger partial charge < -0.3 is 10.3 Å². The second kappa shape index (κ2) is 4.61. The molecule has 0 spiro atoms. The number of benzene rings is 1. The zero-order chi connectivity index (χ0) is 10.6. The molecule has 1 N–H and O–H groups in total. The Kier molecular flexibility index (Phi) is 3.46. The highest BCUT2D eigenvalue weighted by atomic mass is 15.1. The number of hydrogen-bond donors (Lipinski definition) is 1. The Hall–Kier alpha value is -1.57. The molecule has 0 heterocycles.